The van der Waals surface area contributed by atoms with E-state index in [9.17, 15) is 18.0 Å². The van der Waals surface area contributed by atoms with Crippen LogP contribution in [0.4, 0.5) is 18.9 Å². The number of carbonyl (C=O) groups excluding carboxylic acids is 1. The molecule has 0 N–H and O–H groups in total. The number of anilines is 1. The number of piperazine rings is 1. The lowest BCUT2D eigenvalue weighted by Gasteiger charge is -2.35. The van der Waals surface area contributed by atoms with E-state index in [1.165, 1.54) is 12.1 Å². The molecule has 138 valence electrons. The van der Waals surface area contributed by atoms with E-state index in [0.717, 1.165) is 17.7 Å². The number of hydrogen-bond donors (Lipinski definition) is 0. The molecule has 0 atom stereocenters. The number of carbonyl (C=O) groups is 1. The average molecular weight is 364 g/mol. The van der Waals surface area contributed by atoms with Crippen molar-refractivity contribution in [3.63, 3.8) is 0 Å². The smallest absolute Gasteiger partial charge is 0.368 e. The van der Waals surface area contributed by atoms with Gasteiger partial charge in [0.1, 0.15) is 0 Å². The molecule has 8 heteroatoms. The molecule has 3 rings (SSSR count). The number of hydrogen-bond acceptors (Lipinski definition) is 3. The van der Waals surface area contributed by atoms with Crippen molar-refractivity contribution in [3.05, 3.63) is 53.9 Å². The van der Waals surface area contributed by atoms with E-state index in [2.05, 4.69) is 5.10 Å². The lowest BCUT2D eigenvalue weighted by atomic mass is 10.1. The summed E-state index contributed by atoms with van der Waals surface area (Å²) in [6.45, 7) is 1.92. The predicted octanol–water partition coefficient (Wildman–Crippen LogP) is 2.80. The minimum Gasteiger partial charge on any atom is -0.368 e. The fraction of sp³-hybridized carbons (Fsp3) is 0.333. The summed E-state index contributed by atoms with van der Waals surface area (Å²) in [4.78, 5) is 15.8. The maximum atomic E-state index is 12.8. The third kappa shape index (κ3) is 4.25. The van der Waals surface area contributed by atoms with Gasteiger partial charge in [-0.15, -0.1) is 0 Å². The number of amides is 1. The molecule has 0 spiro atoms. The Bertz CT molecular complexity index is 805. The van der Waals surface area contributed by atoms with Gasteiger partial charge < -0.3 is 9.80 Å². The number of benzene rings is 1. The molecular weight excluding hydrogens is 345 g/mol. The molecule has 26 heavy (non-hydrogen) atoms. The fourth-order valence-corrected chi connectivity index (χ4v) is 2.86. The number of halogens is 3. The van der Waals surface area contributed by atoms with Gasteiger partial charge in [0.15, 0.2) is 0 Å². The highest BCUT2D eigenvalue weighted by molar-refractivity contribution is 5.91. The van der Waals surface area contributed by atoms with Crippen LogP contribution in [0, 0.1) is 0 Å². The summed E-state index contributed by atoms with van der Waals surface area (Å²) in [6, 6.07) is 5.29. The van der Waals surface area contributed by atoms with E-state index in [1.807, 2.05) is 4.90 Å². The first-order valence-corrected chi connectivity index (χ1v) is 8.21. The number of aryl methyl sites for hydroxylation is 1. The second-order valence-electron chi connectivity index (χ2n) is 6.14. The molecule has 1 aliphatic heterocycles. The summed E-state index contributed by atoms with van der Waals surface area (Å²) in [5.41, 5.74) is 0.703. The van der Waals surface area contributed by atoms with Crippen LogP contribution in [0.1, 0.15) is 11.1 Å². The highest BCUT2D eigenvalue weighted by Crippen LogP contribution is 2.31. The summed E-state index contributed by atoms with van der Waals surface area (Å²) in [7, 11) is 1.80. The van der Waals surface area contributed by atoms with Gasteiger partial charge in [-0.3, -0.25) is 9.48 Å². The molecule has 0 bridgehead atoms. The molecule has 1 aromatic heterocycles. The summed E-state index contributed by atoms with van der Waals surface area (Å²) >= 11 is 0. The van der Waals surface area contributed by atoms with E-state index in [1.54, 1.807) is 41.2 Å². The topological polar surface area (TPSA) is 41.4 Å². The zero-order valence-electron chi connectivity index (χ0n) is 14.3. The Labute approximate surface area is 149 Å². The zero-order valence-corrected chi connectivity index (χ0v) is 14.3. The summed E-state index contributed by atoms with van der Waals surface area (Å²) in [5.74, 6) is -0.113. The molecule has 2 aromatic rings. The fourth-order valence-electron chi connectivity index (χ4n) is 2.86. The van der Waals surface area contributed by atoms with Gasteiger partial charge in [0.2, 0.25) is 5.91 Å². The molecule has 0 unspecified atom stereocenters. The third-order valence-corrected chi connectivity index (χ3v) is 4.27. The Morgan fingerprint density at radius 3 is 2.54 bits per heavy atom. The molecule has 1 aromatic carbocycles. The van der Waals surface area contributed by atoms with Crippen LogP contribution in [0.15, 0.2) is 42.7 Å². The minimum atomic E-state index is -4.36. The Kier molecular flexibility index (Phi) is 5.01. The quantitative estimate of drug-likeness (QED) is 0.787. The van der Waals surface area contributed by atoms with Crippen molar-refractivity contribution in [2.75, 3.05) is 31.1 Å². The number of alkyl halides is 3. The molecule has 0 radical (unpaired) electrons. The van der Waals surface area contributed by atoms with Gasteiger partial charge in [0.05, 0.1) is 11.8 Å². The summed E-state index contributed by atoms with van der Waals surface area (Å²) in [6.07, 6.45) is 2.31. The lowest BCUT2D eigenvalue weighted by molar-refractivity contribution is -0.137. The van der Waals surface area contributed by atoms with Crippen LogP contribution in [0.3, 0.4) is 0 Å². The predicted molar refractivity (Wildman–Crippen MR) is 92.5 cm³/mol. The normalized spacial score (nSPS) is 15.7. The molecule has 0 aliphatic carbocycles. The van der Waals surface area contributed by atoms with Gasteiger partial charge >= 0.3 is 6.18 Å². The van der Waals surface area contributed by atoms with Gasteiger partial charge in [-0.25, -0.2) is 0 Å². The van der Waals surface area contributed by atoms with E-state index in [0.29, 0.717) is 31.9 Å². The standard InChI is InChI=1S/C18H19F3N4O/c1-23-13-14(12-22-23)5-6-17(26)25-9-7-24(8-10-25)16-4-2-3-15(11-16)18(19,20)21/h2-6,11-13H,7-10H2,1H3/b6-5+. The molecule has 1 amide bonds. The maximum absolute atomic E-state index is 12.8. The van der Waals surface area contributed by atoms with Crippen molar-refractivity contribution >= 4 is 17.7 Å². The van der Waals surface area contributed by atoms with Crippen molar-refractivity contribution in [2.24, 2.45) is 7.05 Å². The average Bonchev–Trinajstić information content (AvgIpc) is 3.04. The van der Waals surface area contributed by atoms with Crippen LogP contribution >= 0.6 is 0 Å². The highest BCUT2D eigenvalue weighted by Gasteiger charge is 2.31. The van der Waals surface area contributed by atoms with Gasteiger partial charge in [-0.1, -0.05) is 6.07 Å². The van der Waals surface area contributed by atoms with Gasteiger partial charge in [0, 0.05) is 56.8 Å². The number of aromatic nitrogens is 2. The first-order chi connectivity index (χ1) is 12.3. The van der Waals surface area contributed by atoms with Crippen LogP contribution in [-0.4, -0.2) is 46.8 Å². The Balaban J connectivity index is 1.59. The van der Waals surface area contributed by atoms with Crippen molar-refractivity contribution in [1.82, 2.24) is 14.7 Å². The Hall–Kier alpha value is -2.77. The molecule has 1 aliphatic rings. The van der Waals surface area contributed by atoms with Crippen molar-refractivity contribution in [3.8, 4) is 0 Å². The molecule has 5 nitrogen and oxygen atoms in total. The van der Waals surface area contributed by atoms with Gasteiger partial charge in [-0.2, -0.15) is 18.3 Å². The first kappa shape index (κ1) is 18.0. The number of nitrogens with zero attached hydrogens (tertiary/aromatic N) is 4. The largest absolute Gasteiger partial charge is 0.416 e. The highest BCUT2D eigenvalue weighted by atomic mass is 19.4. The summed E-state index contributed by atoms with van der Waals surface area (Å²) < 4.78 is 40.2. The van der Waals surface area contributed by atoms with Crippen molar-refractivity contribution in [1.29, 1.82) is 0 Å². The summed E-state index contributed by atoms with van der Waals surface area (Å²) in [5, 5.41) is 4.03. The minimum absolute atomic E-state index is 0.113. The molecule has 0 saturated carbocycles. The molecule has 1 saturated heterocycles. The van der Waals surface area contributed by atoms with Crippen molar-refractivity contribution < 1.29 is 18.0 Å². The van der Waals surface area contributed by atoms with Gasteiger partial charge in [0.25, 0.3) is 0 Å². The SMILES string of the molecule is Cn1cc(/C=C/C(=O)N2CCN(c3cccc(C(F)(F)F)c3)CC2)cn1. The van der Waals surface area contributed by atoms with E-state index in [-0.39, 0.29) is 5.91 Å². The zero-order chi connectivity index (χ0) is 18.7. The third-order valence-electron chi connectivity index (χ3n) is 4.27. The Morgan fingerprint density at radius 1 is 1.19 bits per heavy atom. The molecule has 1 fully saturated rings. The van der Waals surface area contributed by atoms with Crippen LogP contribution in [0.25, 0.3) is 6.08 Å². The van der Waals surface area contributed by atoms with Crippen LogP contribution < -0.4 is 4.90 Å². The lowest BCUT2D eigenvalue weighted by Crippen LogP contribution is -2.48. The van der Waals surface area contributed by atoms with Crippen LogP contribution in [0.2, 0.25) is 0 Å². The molecule has 2 heterocycles. The van der Waals surface area contributed by atoms with Gasteiger partial charge in [-0.05, 0) is 24.3 Å². The van der Waals surface area contributed by atoms with E-state index < -0.39 is 11.7 Å². The van der Waals surface area contributed by atoms with Crippen LogP contribution in [-0.2, 0) is 18.0 Å². The monoisotopic (exact) mass is 364 g/mol. The molecular formula is C18H19F3N4O. The second-order valence-corrected chi connectivity index (χ2v) is 6.14. The van der Waals surface area contributed by atoms with Crippen molar-refractivity contribution in [2.45, 2.75) is 6.18 Å². The van der Waals surface area contributed by atoms with E-state index in [4.69, 9.17) is 0 Å². The Morgan fingerprint density at radius 2 is 1.92 bits per heavy atom. The van der Waals surface area contributed by atoms with E-state index >= 15 is 0 Å². The maximum Gasteiger partial charge on any atom is 0.416 e. The number of rotatable bonds is 3. The second kappa shape index (κ2) is 7.23. The van der Waals surface area contributed by atoms with Crippen LogP contribution in [0.5, 0.6) is 0 Å². The first-order valence-electron chi connectivity index (χ1n) is 8.21.